The molecule has 0 spiro atoms. The van der Waals surface area contributed by atoms with Gasteiger partial charge in [0.1, 0.15) is 0 Å². The van der Waals surface area contributed by atoms with Crippen LogP contribution in [0, 0.1) is 0 Å². The molecule has 1 aromatic heterocycles. The van der Waals surface area contributed by atoms with Gasteiger partial charge in [-0.05, 0) is 54.5 Å². The third-order valence-corrected chi connectivity index (χ3v) is 5.20. The molecule has 138 valence electrons. The molecule has 2 amide bonds. The van der Waals surface area contributed by atoms with Gasteiger partial charge in [-0.25, -0.2) is 4.79 Å². The lowest BCUT2D eigenvalue weighted by Crippen LogP contribution is -2.43. The second-order valence-corrected chi connectivity index (χ2v) is 7.26. The van der Waals surface area contributed by atoms with E-state index in [2.05, 4.69) is 40.8 Å². The number of pyridine rings is 1. The number of rotatable bonds is 7. The summed E-state index contributed by atoms with van der Waals surface area (Å²) in [6.45, 7) is 2.47. The summed E-state index contributed by atoms with van der Waals surface area (Å²) in [7, 11) is 0. The molecule has 26 heavy (non-hydrogen) atoms. The zero-order valence-corrected chi connectivity index (χ0v) is 15.9. The van der Waals surface area contributed by atoms with Gasteiger partial charge in [0.05, 0.1) is 6.10 Å². The topological polar surface area (TPSA) is 54.5 Å². The highest BCUT2D eigenvalue weighted by molar-refractivity contribution is 7.98. The normalized spacial score (nSPS) is 16.4. The Balaban J connectivity index is 1.60. The Hall–Kier alpha value is -2.05. The van der Waals surface area contributed by atoms with E-state index in [1.807, 2.05) is 17.0 Å². The van der Waals surface area contributed by atoms with Gasteiger partial charge in [0.2, 0.25) is 0 Å². The molecule has 1 atom stereocenters. The SMILES string of the molecule is CSc1ccc(CNC(=O)N(Cc2ccncc2)C[C@H]2CCCO2)cc1. The summed E-state index contributed by atoms with van der Waals surface area (Å²) in [4.78, 5) is 19.9. The first kappa shape index (κ1) is 18.7. The van der Waals surface area contributed by atoms with Gasteiger partial charge in [-0.2, -0.15) is 0 Å². The molecule has 1 aromatic carbocycles. The number of nitrogens with zero attached hydrogens (tertiary/aromatic N) is 2. The first-order valence-corrected chi connectivity index (χ1v) is 10.1. The monoisotopic (exact) mass is 371 g/mol. The van der Waals surface area contributed by atoms with Gasteiger partial charge >= 0.3 is 6.03 Å². The number of amides is 2. The highest BCUT2D eigenvalue weighted by Crippen LogP contribution is 2.16. The van der Waals surface area contributed by atoms with Crippen molar-refractivity contribution in [2.75, 3.05) is 19.4 Å². The fourth-order valence-corrected chi connectivity index (χ4v) is 3.40. The van der Waals surface area contributed by atoms with Crippen LogP contribution in [0.1, 0.15) is 24.0 Å². The molecule has 1 aliphatic heterocycles. The van der Waals surface area contributed by atoms with Crippen LogP contribution in [0.4, 0.5) is 4.79 Å². The van der Waals surface area contributed by atoms with Crippen molar-refractivity contribution < 1.29 is 9.53 Å². The lowest BCUT2D eigenvalue weighted by Gasteiger charge is -2.26. The molecule has 1 aliphatic rings. The second-order valence-electron chi connectivity index (χ2n) is 6.38. The molecular formula is C20H25N3O2S. The first-order valence-electron chi connectivity index (χ1n) is 8.91. The number of thioether (sulfide) groups is 1. The van der Waals surface area contributed by atoms with Crippen molar-refractivity contribution in [3.63, 3.8) is 0 Å². The van der Waals surface area contributed by atoms with Gasteiger partial charge in [0.15, 0.2) is 0 Å². The predicted molar refractivity (Wildman–Crippen MR) is 104 cm³/mol. The van der Waals surface area contributed by atoms with Crippen LogP contribution in [0.2, 0.25) is 0 Å². The number of carbonyl (C=O) groups excluding carboxylic acids is 1. The molecule has 0 aliphatic carbocycles. The van der Waals surface area contributed by atoms with Crippen molar-refractivity contribution >= 4 is 17.8 Å². The zero-order valence-electron chi connectivity index (χ0n) is 15.1. The molecule has 2 heterocycles. The van der Waals surface area contributed by atoms with Crippen LogP contribution in [0.3, 0.4) is 0 Å². The standard InChI is InChI=1S/C20H25N3O2S/c1-26-19-6-4-16(5-7-19)13-22-20(24)23(15-18-3-2-12-25-18)14-17-8-10-21-11-9-17/h4-11,18H,2-3,12-15H2,1H3,(H,22,24)/t18-/m1/s1. The average molecular weight is 372 g/mol. The van der Waals surface area contributed by atoms with Crippen LogP contribution in [0.15, 0.2) is 53.7 Å². The first-order chi connectivity index (χ1) is 12.7. The van der Waals surface area contributed by atoms with Crippen LogP contribution >= 0.6 is 11.8 Å². The van der Waals surface area contributed by atoms with Gasteiger partial charge in [-0.1, -0.05) is 12.1 Å². The molecule has 6 heteroatoms. The molecular weight excluding hydrogens is 346 g/mol. The van der Waals surface area contributed by atoms with E-state index in [0.29, 0.717) is 19.6 Å². The van der Waals surface area contributed by atoms with E-state index in [4.69, 9.17) is 4.74 Å². The minimum atomic E-state index is -0.0637. The van der Waals surface area contributed by atoms with Crippen LogP contribution in [0.25, 0.3) is 0 Å². The van der Waals surface area contributed by atoms with E-state index in [0.717, 1.165) is 30.6 Å². The Bertz CT molecular complexity index is 688. The molecule has 2 aromatic rings. The number of carbonyl (C=O) groups is 1. The lowest BCUT2D eigenvalue weighted by molar-refractivity contribution is 0.0794. The van der Waals surface area contributed by atoms with Crippen molar-refractivity contribution in [2.45, 2.75) is 36.9 Å². The predicted octanol–water partition coefficient (Wildman–Crippen LogP) is 3.69. The number of hydrogen-bond acceptors (Lipinski definition) is 4. The van der Waals surface area contributed by atoms with Gasteiger partial charge in [0, 0.05) is 43.5 Å². The van der Waals surface area contributed by atoms with E-state index in [1.165, 1.54) is 4.90 Å². The van der Waals surface area contributed by atoms with Crippen LogP contribution in [0.5, 0.6) is 0 Å². The minimum Gasteiger partial charge on any atom is -0.376 e. The Kier molecular flexibility index (Phi) is 6.91. The fraction of sp³-hybridized carbons (Fsp3) is 0.400. The summed E-state index contributed by atoms with van der Waals surface area (Å²) in [5.41, 5.74) is 2.16. The molecule has 1 saturated heterocycles. The quantitative estimate of drug-likeness (QED) is 0.754. The molecule has 5 nitrogen and oxygen atoms in total. The number of benzene rings is 1. The summed E-state index contributed by atoms with van der Waals surface area (Å²) in [6, 6.07) is 12.1. The van der Waals surface area contributed by atoms with Crippen molar-refractivity contribution in [1.82, 2.24) is 15.2 Å². The maximum atomic E-state index is 12.8. The number of aromatic nitrogens is 1. The third kappa shape index (κ3) is 5.47. The molecule has 0 bridgehead atoms. The summed E-state index contributed by atoms with van der Waals surface area (Å²) in [5, 5.41) is 3.04. The number of ether oxygens (including phenoxy) is 1. The van der Waals surface area contributed by atoms with Crippen molar-refractivity contribution in [2.24, 2.45) is 0 Å². The zero-order chi connectivity index (χ0) is 18.2. The van der Waals surface area contributed by atoms with Gasteiger partial charge in [-0.3, -0.25) is 4.98 Å². The van der Waals surface area contributed by atoms with Crippen LogP contribution < -0.4 is 5.32 Å². The number of nitrogens with one attached hydrogen (secondary N) is 1. The Morgan fingerprint density at radius 3 is 2.65 bits per heavy atom. The summed E-state index contributed by atoms with van der Waals surface area (Å²) >= 11 is 1.71. The third-order valence-electron chi connectivity index (χ3n) is 4.46. The summed E-state index contributed by atoms with van der Waals surface area (Å²) in [5.74, 6) is 0. The number of urea groups is 1. The van der Waals surface area contributed by atoms with Gasteiger partial charge < -0.3 is 15.0 Å². The number of hydrogen-bond donors (Lipinski definition) is 1. The van der Waals surface area contributed by atoms with Crippen molar-refractivity contribution in [3.8, 4) is 0 Å². The van der Waals surface area contributed by atoms with E-state index < -0.39 is 0 Å². The molecule has 3 rings (SSSR count). The summed E-state index contributed by atoms with van der Waals surface area (Å²) < 4.78 is 5.72. The van der Waals surface area contributed by atoms with Crippen molar-refractivity contribution in [3.05, 3.63) is 59.9 Å². The van der Waals surface area contributed by atoms with E-state index >= 15 is 0 Å². The highest BCUT2D eigenvalue weighted by atomic mass is 32.2. The average Bonchev–Trinajstić information content (AvgIpc) is 3.20. The Labute approximate surface area is 159 Å². The largest absolute Gasteiger partial charge is 0.376 e. The molecule has 1 N–H and O–H groups in total. The van der Waals surface area contributed by atoms with E-state index in [-0.39, 0.29) is 12.1 Å². The molecule has 1 fully saturated rings. The molecule has 0 saturated carbocycles. The molecule has 0 radical (unpaired) electrons. The second kappa shape index (κ2) is 9.59. The van der Waals surface area contributed by atoms with Gasteiger partial charge in [-0.15, -0.1) is 11.8 Å². The summed E-state index contributed by atoms with van der Waals surface area (Å²) in [6.07, 6.45) is 7.77. The maximum Gasteiger partial charge on any atom is 0.318 e. The smallest absolute Gasteiger partial charge is 0.318 e. The van der Waals surface area contributed by atoms with Crippen molar-refractivity contribution in [1.29, 1.82) is 0 Å². The Morgan fingerprint density at radius 2 is 2.00 bits per heavy atom. The Morgan fingerprint density at radius 1 is 1.23 bits per heavy atom. The minimum absolute atomic E-state index is 0.0637. The lowest BCUT2D eigenvalue weighted by atomic mass is 10.2. The fourth-order valence-electron chi connectivity index (χ4n) is 2.99. The van der Waals surface area contributed by atoms with E-state index in [1.54, 1.807) is 24.2 Å². The van der Waals surface area contributed by atoms with Crippen LogP contribution in [-0.2, 0) is 17.8 Å². The molecule has 0 unspecified atom stereocenters. The van der Waals surface area contributed by atoms with Crippen LogP contribution in [-0.4, -0.2) is 41.4 Å². The van der Waals surface area contributed by atoms with E-state index in [9.17, 15) is 4.79 Å². The highest BCUT2D eigenvalue weighted by Gasteiger charge is 2.22. The van der Waals surface area contributed by atoms with Gasteiger partial charge in [0.25, 0.3) is 0 Å². The maximum absolute atomic E-state index is 12.8.